The highest BCUT2D eigenvalue weighted by Gasteiger charge is 2.38. The maximum atomic E-state index is 12.8. The number of piperazine rings is 1. The molecule has 10 heteroatoms. The smallest absolute Gasteiger partial charge is 0.475 e. The molecular weight excluding hydrogens is 451 g/mol. The quantitative estimate of drug-likeness (QED) is 0.539. The summed E-state index contributed by atoms with van der Waals surface area (Å²) in [6.45, 7) is 2.17. The van der Waals surface area contributed by atoms with Gasteiger partial charge in [-0.1, -0.05) is 48.5 Å². The SMILES string of the molecule is O=C(Cc1cc2ccccc2c(=O)[nH]1)N1CCNC(Cc2ccccc2)C1.O=C(O)C(F)(F)F. The van der Waals surface area contributed by atoms with E-state index in [-0.39, 0.29) is 23.9 Å². The topological polar surface area (TPSA) is 103 Å². The normalized spacial score (nSPS) is 16.0. The van der Waals surface area contributed by atoms with Crippen molar-refractivity contribution in [1.82, 2.24) is 15.2 Å². The summed E-state index contributed by atoms with van der Waals surface area (Å²) < 4.78 is 31.7. The predicted molar refractivity (Wildman–Crippen MR) is 120 cm³/mol. The van der Waals surface area contributed by atoms with E-state index in [1.54, 1.807) is 6.07 Å². The molecule has 1 unspecified atom stereocenters. The largest absolute Gasteiger partial charge is 0.490 e. The van der Waals surface area contributed by atoms with Crippen LogP contribution in [0.15, 0.2) is 65.5 Å². The molecule has 2 aromatic carbocycles. The molecule has 1 atom stereocenters. The molecule has 0 radical (unpaired) electrons. The highest BCUT2D eigenvalue weighted by molar-refractivity contribution is 5.84. The maximum absolute atomic E-state index is 12.8. The Labute approximate surface area is 193 Å². The van der Waals surface area contributed by atoms with Gasteiger partial charge in [0.2, 0.25) is 5.91 Å². The van der Waals surface area contributed by atoms with Gasteiger partial charge in [0.25, 0.3) is 5.56 Å². The van der Waals surface area contributed by atoms with Crippen molar-refractivity contribution in [3.8, 4) is 0 Å². The Hall–Kier alpha value is -3.66. The van der Waals surface area contributed by atoms with Crippen LogP contribution in [0.2, 0.25) is 0 Å². The van der Waals surface area contributed by atoms with E-state index in [1.165, 1.54) is 5.56 Å². The molecule has 1 aromatic heterocycles. The van der Waals surface area contributed by atoms with Crippen LogP contribution in [0.5, 0.6) is 0 Å². The molecule has 180 valence electrons. The number of carboxylic acid groups (broad SMARTS) is 1. The first-order valence-corrected chi connectivity index (χ1v) is 10.6. The van der Waals surface area contributed by atoms with Crippen molar-refractivity contribution in [2.75, 3.05) is 19.6 Å². The third-order valence-electron chi connectivity index (χ3n) is 5.33. The van der Waals surface area contributed by atoms with Crippen molar-refractivity contribution in [3.05, 3.63) is 82.3 Å². The van der Waals surface area contributed by atoms with Gasteiger partial charge in [0.15, 0.2) is 0 Å². The number of pyridine rings is 1. The number of H-pyrrole nitrogens is 1. The molecule has 1 aliphatic heterocycles. The van der Waals surface area contributed by atoms with Crippen LogP contribution in [-0.2, 0) is 22.4 Å². The molecule has 3 aromatic rings. The fraction of sp³-hybridized carbons (Fsp3) is 0.292. The van der Waals surface area contributed by atoms with E-state index >= 15 is 0 Å². The number of nitrogens with zero attached hydrogens (tertiary/aromatic N) is 1. The minimum Gasteiger partial charge on any atom is -0.475 e. The van der Waals surface area contributed by atoms with E-state index in [9.17, 15) is 22.8 Å². The summed E-state index contributed by atoms with van der Waals surface area (Å²) in [7, 11) is 0. The number of aromatic amines is 1. The monoisotopic (exact) mass is 475 g/mol. The molecule has 1 saturated heterocycles. The summed E-state index contributed by atoms with van der Waals surface area (Å²) in [4.78, 5) is 38.7. The van der Waals surface area contributed by atoms with Gasteiger partial charge in [-0.2, -0.15) is 13.2 Å². The maximum Gasteiger partial charge on any atom is 0.490 e. The van der Waals surface area contributed by atoms with Gasteiger partial charge in [0, 0.05) is 36.8 Å². The van der Waals surface area contributed by atoms with Crippen molar-refractivity contribution < 1.29 is 27.9 Å². The van der Waals surface area contributed by atoms with E-state index in [1.807, 2.05) is 47.4 Å². The minimum absolute atomic E-state index is 0.0560. The van der Waals surface area contributed by atoms with Crippen molar-refractivity contribution in [3.63, 3.8) is 0 Å². The van der Waals surface area contributed by atoms with Crippen LogP contribution in [0.4, 0.5) is 13.2 Å². The lowest BCUT2D eigenvalue weighted by Gasteiger charge is -2.34. The first-order chi connectivity index (χ1) is 16.1. The summed E-state index contributed by atoms with van der Waals surface area (Å²) in [6, 6.07) is 19.9. The number of halogens is 3. The summed E-state index contributed by atoms with van der Waals surface area (Å²) in [5.74, 6) is -2.70. The number of hydrogen-bond donors (Lipinski definition) is 3. The van der Waals surface area contributed by atoms with Gasteiger partial charge in [0.05, 0.1) is 6.42 Å². The van der Waals surface area contributed by atoms with Crippen molar-refractivity contribution >= 4 is 22.6 Å². The second-order valence-corrected chi connectivity index (χ2v) is 7.87. The fourth-order valence-electron chi connectivity index (χ4n) is 3.72. The molecule has 1 fully saturated rings. The number of rotatable bonds is 4. The lowest BCUT2D eigenvalue weighted by molar-refractivity contribution is -0.192. The highest BCUT2D eigenvalue weighted by atomic mass is 19.4. The molecule has 34 heavy (non-hydrogen) atoms. The molecule has 7 nitrogen and oxygen atoms in total. The number of benzene rings is 2. The first-order valence-electron chi connectivity index (χ1n) is 10.6. The lowest BCUT2D eigenvalue weighted by atomic mass is 10.0. The predicted octanol–water partition coefficient (Wildman–Crippen LogP) is 2.75. The number of alkyl halides is 3. The van der Waals surface area contributed by atoms with Crippen molar-refractivity contribution in [2.45, 2.75) is 25.1 Å². The molecule has 3 N–H and O–H groups in total. The molecule has 0 saturated carbocycles. The van der Waals surface area contributed by atoms with Crippen molar-refractivity contribution in [1.29, 1.82) is 0 Å². The van der Waals surface area contributed by atoms with Crippen LogP contribution >= 0.6 is 0 Å². The second kappa shape index (κ2) is 11.0. The number of aliphatic carboxylic acids is 1. The van der Waals surface area contributed by atoms with Crippen LogP contribution in [0, 0.1) is 0 Å². The van der Waals surface area contributed by atoms with E-state index in [4.69, 9.17) is 9.90 Å². The Morgan fingerprint density at radius 1 is 1.06 bits per heavy atom. The van der Waals surface area contributed by atoms with Gasteiger partial charge in [-0.15, -0.1) is 0 Å². The van der Waals surface area contributed by atoms with Crippen LogP contribution in [-0.4, -0.2) is 58.7 Å². The molecule has 0 bridgehead atoms. The standard InChI is InChI=1S/C22H23N3O2.C2HF3O2/c26-21(14-18-13-17-8-4-5-9-20(17)22(27)24-18)25-11-10-23-19(15-25)12-16-6-2-1-3-7-16;3-2(4,5)1(6)7/h1-9,13,19,23H,10-12,14-15H2,(H,24,27);(H,6,7). The molecule has 2 heterocycles. The molecule has 1 aliphatic rings. The zero-order valence-electron chi connectivity index (χ0n) is 18.1. The van der Waals surface area contributed by atoms with Gasteiger partial charge in [-0.05, 0) is 29.5 Å². The number of fused-ring (bicyclic) bond motifs is 1. The lowest BCUT2D eigenvalue weighted by Crippen LogP contribution is -2.53. The zero-order chi connectivity index (χ0) is 24.7. The number of carboxylic acids is 1. The Kier molecular flexibility index (Phi) is 8.06. The Balaban J connectivity index is 0.000000406. The van der Waals surface area contributed by atoms with Crippen LogP contribution in [0.25, 0.3) is 10.8 Å². The third-order valence-corrected chi connectivity index (χ3v) is 5.33. The van der Waals surface area contributed by atoms with Gasteiger partial charge < -0.3 is 20.3 Å². The number of carbonyl (C=O) groups is 2. The number of carbonyl (C=O) groups excluding carboxylic acids is 1. The Morgan fingerprint density at radius 2 is 1.71 bits per heavy atom. The van der Waals surface area contributed by atoms with Crippen LogP contribution in [0.3, 0.4) is 0 Å². The molecule has 0 aliphatic carbocycles. The Bertz CT molecular complexity index is 1200. The molecule has 1 amide bonds. The van der Waals surface area contributed by atoms with Gasteiger partial charge in [-0.25, -0.2) is 4.79 Å². The summed E-state index contributed by atoms with van der Waals surface area (Å²) in [5.41, 5.74) is 1.79. The average molecular weight is 475 g/mol. The van der Waals surface area contributed by atoms with Gasteiger partial charge in [-0.3, -0.25) is 9.59 Å². The average Bonchev–Trinajstić information content (AvgIpc) is 2.80. The molecule has 4 rings (SSSR count). The Morgan fingerprint density at radius 3 is 2.38 bits per heavy atom. The van der Waals surface area contributed by atoms with E-state index in [2.05, 4.69) is 22.4 Å². The third kappa shape index (κ3) is 6.92. The van der Waals surface area contributed by atoms with E-state index in [0.717, 1.165) is 18.4 Å². The second-order valence-electron chi connectivity index (χ2n) is 7.87. The summed E-state index contributed by atoms with van der Waals surface area (Å²) >= 11 is 0. The summed E-state index contributed by atoms with van der Waals surface area (Å²) in [5, 5.41) is 12.1. The number of amides is 1. The van der Waals surface area contributed by atoms with Crippen molar-refractivity contribution in [2.24, 2.45) is 0 Å². The van der Waals surface area contributed by atoms with Crippen LogP contribution in [0.1, 0.15) is 11.3 Å². The molecular formula is C24H24F3N3O4. The summed E-state index contributed by atoms with van der Waals surface area (Å²) in [6.07, 6.45) is -3.96. The van der Waals surface area contributed by atoms with Gasteiger partial charge >= 0.3 is 12.1 Å². The zero-order valence-corrected chi connectivity index (χ0v) is 18.1. The number of nitrogens with one attached hydrogen (secondary N) is 2. The fourth-order valence-corrected chi connectivity index (χ4v) is 3.72. The van der Waals surface area contributed by atoms with Gasteiger partial charge in [0.1, 0.15) is 0 Å². The van der Waals surface area contributed by atoms with Crippen LogP contribution < -0.4 is 10.9 Å². The first kappa shape index (κ1) is 25.0. The minimum atomic E-state index is -5.08. The number of hydrogen-bond acceptors (Lipinski definition) is 4. The highest BCUT2D eigenvalue weighted by Crippen LogP contribution is 2.14. The van der Waals surface area contributed by atoms with E-state index in [0.29, 0.717) is 24.2 Å². The molecule has 0 spiro atoms. The number of aromatic nitrogens is 1. The van der Waals surface area contributed by atoms with E-state index < -0.39 is 12.1 Å².